The van der Waals surface area contributed by atoms with Gasteiger partial charge in [-0.1, -0.05) is 30.3 Å². The van der Waals surface area contributed by atoms with Crippen molar-refractivity contribution >= 4 is 11.6 Å². The van der Waals surface area contributed by atoms with Crippen molar-refractivity contribution in [3.63, 3.8) is 0 Å². The molecule has 0 spiro atoms. The fraction of sp³-hybridized carbons (Fsp3) is 0.458. The van der Waals surface area contributed by atoms with E-state index in [1.807, 2.05) is 0 Å². The van der Waals surface area contributed by atoms with E-state index in [2.05, 4.69) is 5.32 Å². The second kappa shape index (κ2) is 10.9. The fourth-order valence-corrected chi connectivity index (χ4v) is 4.16. The fourth-order valence-electron chi connectivity index (χ4n) is 4.16. The molecule has 1 unspecified atom stereocenters. The van der Waals surface area contributed by atoms with Crippen molar-refractivity contribution < 1.29 is 60.2 Å². The van der Waals surface area contributed by atoms with E-state index in [0.29, 0.717) is 16.8 Å². The lowest BCUT2D eigenvalue weighted by Gasteiger charge is -2.60. The number of hydrogen-bond acceptors (Lipinski definition) is 14. The van der Waals surface area contributed by atoms with Gasteiger partial charge in [-0.05, 0) is 37.1 Å². The average Bonchev–Trinajstić information content (AvgIpc) is 2.85. The summed E-state index contributed by atoms with van der Waals surface area (Å²) < 4.78 is 10.5. The highest BCUT2D eigenvalue weighted by Gasteiger charge is 2.77. The summed E-state index contributed by atoms with van der Waals surface area (Å²) >= 11 is 0. The van der Waals surface area contributed by atoms with E-state index in [-0.39, 0.29) is 11.5 Å². The van der Waals surface area contributed by atoms with Crippen LogP contribution in [0.15, 0.2) is 42.5 Å². The van der Waals surface area contributed by atoms with Gasteiger partial charge in [-0.2, -0.15) is 9.80 Å². The largest absolute Gasteiger partial charge is 0.493 e. The number of β-amino-alcohol motifs (C(OH)–C–C–N with tert-alkyl or cyclic N) is 1. The molecule has 1 amide bonds. The molecule has 10 N–H and O–H groups in total. The highest BCUT2D eigenvalue weighted by Crippen LogP contribution is 2.43. The highest BCUT2D eigenvalue weighted by atomic mass is 16.7. The number of methoxy groups -OCH3 is 1. The Morgan fingerprint density at radius 2 is 1.31 bits per heavy atom. The number of rotatable bonds is 9. The van der Waals surface area contributed by atoms with Gasteiger partial charge in [0.05, 0.1) is 13.7 Å². The standard InChI is InChI=1S/C24H33N3O12/c1-14-7-6-8-15(2)20(14)25-19(29)12-27-23(34,35)21(30,31)26(22(32,33)24(27,36)37)11-16(28)13-39-18-10-5-4-9-17(18)38-3/h4-10,16,28,30-37H,11-13H2,1-3H3,(H,25,29). The number of ether oxygens (including phenoxy) is 2. The van der Waals surface area contributed by atoms with Crippen LogP contribution < -0.4 is 14.8 Å². The van der Waals surface area contributed by atoms with Crippen molar-refractivity contribution in [3.8, 4) is 11.5 Å². The normalized spacial score (nSPS) is 20.7. The minimum absolute atomic E-state index is 0.162. The molecule has 15 nitrogen and oxygen atoms in total. The Morgan fingerprint density at radius 3 is 1.82 bits per heavy atom. The first-order valence-electron chi connectivity index (χ1n) is 11.6. The predicted molar refractivity (Wildman–Crippen MR) is 131 cm³/mol. The third-order valence-corrected chi connectivity index (χ3v) is 6.35. The lowest BCUT2D eigenvalue weighted by Crippen LogP contribution is -2.91. The molecule has 1 atom stereocenters. The molecule has 2 aromatic carbocycles. The van der Waals surface area contributed by atoms with Gasteiger partial charge in [-0.3, -0.25) is 4.79 Å². The van der Waals surface area contributed by atoms with Crippen molar-refractivity contribution in [2.45, 2.75) is 43.6 Å². The van der Waals surface area contributed by atoms with Gasteiger partial charge in [0.2, 0.25) is 5.91 Å². The Kier molecular flexibility index (Phi) is 8.57. The quantitative estimate of drug-likeness (QED) is 0.138. The average molecular weight is 556 g/mol. The molecule has 0 radical (unpaired) electrons. The van der Waals surface area contributed by atoms with Crippen molar-refractivity contribution in [2.24, 2.45) is 0 Å². The number of nitrogens with one attached hydrogen (secondary N) is 1. The maximum Gasteiger partial charge on any atom is 0.303 e. The first-order chi connectivity index (χ1) is 18.0. The van der Waals surface area contributed by atoms with Crippen molar-refractivity contribution in [2.75, 3.05) is 32.1 Å². The van der Waals surface area contributed by atoms with Gasteiger partial charge in [0.25, 0.3) is 0 Å². The zero-order valence-corrected chi connectivity index (χ0v) is 21.4. The molecule has 0 aliphatic carbocycles. The van der Waals surface area contributed by atoms with E-state index in [9.17, 15) is 50.8 Å². The van der Waals surface area contributed by atoms with Crippen LogP contribution in [0, 0.1) is 13.8 Å². The number of nitrogens with zero attached hydrogens (tertiary/aromatic N) is 2. The summed E-state index contributed by atoms with van der Waals surface area (Å²) in [5, 5.41) is 97.6. The molecular weight excluding hydrogens is 522 g/mol. The second-order valence-electron chi connectivity index (χ2n) is 9.17. The minimum Gasteiger partial charge on any atom is -0.493 e. The summed E-state index contributed by atoms with van der Waals surface area (Å²) in [5.74, 6) is -17.1. The summed E-state index contributed by atoms with van der Waals surface area (Å²) in [6.07, 6.45) is -1.81. The zero-order chi connectivity index (χ0) is 29.4. The smallest absolute Gasteiger partial charge is 0.303 e. The number of aliphatic hydroxyl groups excluding tert-OH is 1. The maximum absolute atomic E-state index is 12.7. The van der Waals surface area contributed by atoms with E-state index in [1.165, 1.54) is 13.2 Å². The lowest BCUT2D eigenvalue weighted by atomic mass is 10.0. The molecule has 15 heteroatoms. The van der Waals surface area contributed by atoms with E-state index < -0.39 is 65.2 Å². The molecule has 1 saturated heterocycles. The Labute approximate surface area is 222 Å². The van der Waals surface area contributed by atoms with Gasteiger partial charge in [0, 0.05) is 12.2 Å². The number of piperazine rings is 1. The van der Waals surface area contributed by atoms with Gasteiger partial charge in [-0.15, -0.1) is 0 Å². The van der Waals surface area contributed by atoms with Crippen LogP contribution in [0.5, 0.6) is 11.5 Å². The van der Waals surface area contributed by atoms with Crippen LogP contribution in [0.3, 0.4) is 0 Å². The summed E-state index contributed by atoms with van der Waals surface area (Å²) in [6, 6.07) is 11.3. The topological polar surface area (TPSA) is 236 Å². The number of amides is 1. The number of aryl methyl sites for hydroxylation is 2. The molecule has 0 aromatic heterocycles. The van der Waals surface area contributed by atoms with Crippen LogP contribution in [-0.4, -0.2) is 118 Å². The Hall–Kier alpha value is -2.93. The molecule has 1 heterocycles. The number of aliphatic hydroxyl groups is 9. The summed E-state index contributed by atoms with van der Waals surface area (Å²) in [6.45, 7) is 0.0940. The third kappa shape index (κ3) is 5.56. The summed E-state index contributed by atoms with van der Waals surface area (Å²) in [5.41, 5.74) is 1.52. The molecule has 0 bridgehead atoms. The van der Waals surface area contributed by atoms with E-state index in [1.54, 1.807) is 50.2 Å². The van der Waals surface area contributed by atoms with Crippen LogP contribution in [-0.2, 0) is 4.79 Å². The van der Waals surface area contributed by atoms with Gasteiger partial charge in [-0.25, -0.2) is 0 Å². The third-order valence-electron chi connectivity index (χ3n) is 6.35. The number of carbonyl (C=O) groups is 1. The molecule has 1 aliphatic heterocycles. The van der Waals surface area contributed by atoms with Crippen LogP contribution in [0.25, 0.3) is 0 Å². The van der Waals surface area contributed by atoms with Gasteiger partial charge < -0.3 is 60.7 Å². The molecule has 216 valence electrons. The molecular formula is C24H33N3O12. The molecule has 2 aromatic rings. The number of hydrogen-bond donors (Lipinski definition) is 10. The van der Waals surface area contributed by atoms with Gasteiger partial charge in [0.1, 0.15) is 12.7 Å². The van der Waals surface area contributed by atoms with Crippen molar-refractivity contribution in [1.82, 2.24) is 9.80 Å². The molecule has 1 aliphatic rings. The van der Waals surface area contributed by atoms with E-state index in [4.69, 9.17) is 9.47 Å². The van der Waals surface area contributed by atoms with Crippen LogP contribution in [0.1, 0.15) is 11.1 Å². The maximum atomic E-state index is 12.7. The van der Waals surface area contributed by atoms with Crippen LogP contribution >= 0.6 is 0 Å². The SMILES string of the molecule is COc1ccccc1OCC(O)CN1C(O)(O)C(O)(O)N(CC(=O)Nc2c(C)cccc2C)C(O)(O)C1(O)O. The van der Waals surface area contributed by atoms with E-state index >= 15 is 0 Å². The first-order valence-corrected chi connectivity index (χ1v) is 11.6. The number of anilines is 1. The monoisotopic (exact) mass is 555 g/mol. The predicted octanol–water partition coefficient (Wildman–Crippen LogP) is -3.14. The molecule has 3 rings (SSSR count). The second-order valence-corrected chi connectivity index (χ2v) is 9.17. The molecule has 0 saturated carbocycles. The van der Waals surface area contributed by atoms with Crippen molar-refractivity contribution in [1.29, 1.82) is 0 Å². The zero-order valence-electron chi connectivity index (χ0n) is 21.4. The van der Waals surface area contributed by atoms with Crippen molar-refractivity contribution in [3.05, 3.63) is 53.6 Å². The summed E-state index contributed by atoms with van der Waals surface area (Å²) in [4.78, 5) is 11.9. The number of para-hydroxylation sites is 3. The van der Waals surface area contributed by atoms with Gasteiger partial charge >= 0.3 is 23.6 Å². The molecule has 1 fully saturated rings. The number of benzene rings is 2. The van der Waals surface area contributed by atoms with Gasteiger partial charge in [0.15, 0.2) is 11.5 Å². The molecule has 39 heavy (non-hydrogen) atoms. The lowest BCUT2D eigenvalue weighted by molar-refractivity contribution is -0.608. The highest BCUT2D eigenvalue weighted by molar-refractivity contribution is 5.93. The van der Waals surface area contributed by atoms with E-state index in [0.717, 1.165) is 0 Å². The minimum atomic E-state index is -4.12. The summed E-state index contributed by atoms with van der Waals surface area (Å²) in [7, 11) is 1.36. The number of carbonyl (C=O) groups excluding carboxylic acids is 1. The Bertz CT molecular complexity index is 1140. The Balaban J connectivity index is 1.83. The Morgan fingerprint density at radius 1 is 0.821 bits per heavy atom. The van der Waals surface area contributed by atoms with Crippen LogP contribution in [0.2, 0.25) is 0 Å². The van der Waals surface area contributed by atoms with Crippen LogP contribution in [0.4, 0.5) is 5.69 Å². The first kappa shape index (κ1) is 30.6.